The summed E-state index contributed by atoms with van der Waals surface area (Å²) in [5.41, 5.74) is 3.70. The van der Waals surface area contributed by atoms with Crippen molar-refractivity contribution in [2.45, 2.75) is 26.2 Å². The van der Waals surface area contributed by atoms with Crippen LogP contribution in [0.2, 0.25) is 0 Å². The van der Waals surface area contributed by atoms with Gasteiger partial charge in [0.15, 0.2) is 0 Å². The predicted octanol–water partition coefficient (Wildman–Crippen LogP) is 4.37. The summed E-state index contributed by atoms with van der Waals surface area (Å²) in [5, 5.41) is 14.1. The second-order valence-electron chi connectivity index (χ2n) is 5.34. The third kappa shape index (κ3) is 4.05. The molecule has 0 amide bonds. The number of nitro groups is 1. The van der Waals surface area contributed by atoms with E-state index in [4.69, 9.17) is 0 Å². The van der Waals surface area contributed by atoms with Gasteiger partial charge in [-0.2, -0.15) is 0 Å². The highest BCUT2D eigenvalue weighted by Gasteiger charge is 2.06. The van der Waals surface area contributed by atoms with Gasteiger partial charge in [0, 0.05) is 24.4 Å². The summed E-state index contributed by atoms with van der Waals surface area (Å²) in [6.45, 7) is 5.16. The van der Waals surface area contributed by atoms with E-state index >= 15 is 0 Å². The van der Waals surface area contributed by atoms with Crippen molar-refractivity contribution in [3.63, 3.8) is 0 Å². The number of non-ortho nitro benzene ring substituents is 1. The van der Waals surface area contributed by atoms with Crippen LogP contribution in [-0.2, 0) is 6.42 Å². The number of hydrogen-bond donors (Lipinski definition) is 1. The molecule has 0 aromatic heterocycles. The molecule has 0 spiro atoms. The van der Waals surface area contributed by atoms with Gasteiger partial charge in [-0.25, -0.2) is 0 Å². The van der Waals surface area contributed by atoms with Crippen LogP contribution < -0.4 is 5.32 Å². The van der Waals surface area contributed by atoms with E-state index in [2.05, 4.69) is 37.4 Å². The van der Waals surface area contributed by atoms with Crippen molar-refractivity contribution in [1.82, 2.24) is 0 Å². The molecule has 0 atom stereocenters. The minimum absolute atomic E-state index is 0.136. The molecule has 2 aromatic rings. The number of hydrogen-bond acceptors (Lipinski definition) is 3. The normalized spacial score (nSPS) is 10.6. The molecule has 21 heavy (non-hydrogen) atoms. The predicted molar refractivity (Wildman–Crippen MR) is 85.8 cm³/mol. The summed E-state index contributed by atoms with van der Waals surface area (Å²) >= 11 is 0. The van der Waals surface area contributed by atoms with Crippen LogP contribution in [0.25, 0.3) is 0 Å². The zero-order valence-electron chi connectivity index (χ0n) is 12.4. The summed E-state index contributed by atoms with van der Waals surface area (Å²) in [6, 6.07) is 15.0. The Morgan fingerprint density at radius 1 is 1.10 bits per heavy atom. The van der Waals surface area contributed by atoms with Crippen LogP contribution in [0.4, 0.5) is 11.4 Å². The molecule has 0 fully saturated rings. The number of anilines is 1. The zero-order chi connectivity index (χ0) is 15.2. The Kier molecular flexibility index (Phi) is 4.93. The molecular weight excluding hydrogens is 264 g/mol. The Labute approximate surface area is 125 Å². The third-order valence-electron chi connectivity index (χ3n) is 3.46. The molecule has 4 nitrogen and oxygen atoms in total. The molecule has 0 heterocycles. The Morgan fingerprint density at radius 3 is 2.38 bits per heavy atom. The van der Waals surface area contributed by atoms with Gasteiger partial charge in [0.25, 0.3) is 5.69 Å². The van der Waals surface area contributed by atoms with Crippen molar-refractivity contribution in [1.29, 1.82) is 0 Å². The van der Waals surface area contributed by atoms with Gasteiger partial charge >= 0.3 is 0 Å². The van der Waals surface area contributed by atoms with E-state index in [0.717, 1.165) is 24.2 Å². The minimum Gasteiger partial charge on any atom is -0.384 e. The third-order valence-corrected chi connectivity index (χ3v) is 3.46. The fourth-order valence-corrected chi connectivity index (χ4v) is 2.29. The van der Waals surface area contributed by atoms with E-state index in [1.54, 1.807) is 12.1 Å². The number of rotatable bonds is 6. The molecular formula is C17H20N2O2. The Hall–Kier alpha value is -2.36. The maximum Gasteiger partial charge on any atom is 0.269 e. The smallest absolute Gasteiger partial charge is 0.269 e. The van der Waals surface area contributed by atoms with Crippen LogP contribution >= 0.6 is 0 Å². The first-order valence-corrected chi connectivity index (χ1v) is 7.14. The lowest BCUT2D eigenvalue weighted by atomic mass is 10.0. The number of nitrogens with zero attached hydrogens (tertiary/aromatic N) is 1. The molecule has 4 heteroatoms. The average molecular weight is 284 g/mol. The van der Waals surface area contributed by atoms with Crippen LogP contribution in [0.15, 0.2) is 48.5 Å². The van der Waals surface area contributed by atoms with Crippen LogP contribution in [0, 0.1) is 10.1 Å². The van der Waals surface area contributed by atoms with Gasteiger partial charge in [-0.15, -0.1) is 0 Å². The topological polar surface area (TPSA) is 55.2 Å². The molecule has 1 N–H and O–H groups in total. The van der Waals surface area contributed by atoms with Gasteiger partial charge in [0.1, 0.15) is 0 Å². The van der Waals surface area contributed by atoms with E-state index in [0.29, 0.717) is 5.92 Å². The summed E-state index contributed by atoms with van der Waals surface area (Å²) in [5.74, 6) is 0.480. The van der Waals surface area contributed by atoms with E-state index in [1.165, 1.54) is 5.56 Å². The van der Waals surface area contributed by atoms with Gasteiger partial charge in [-0.3, -0.25) is 10.1 Å². The van der Waals surface area contributed by atoms with Gasteiger partial charge < -0.3 is 5.32 Å². The van der Waals surface area contributed by atoms with Crippen LogP contribution in [0.5, 0.6) is 0 Å². The maximum atomic E-state index is 10.6. The molecule has 0 unspecified atom stereocenters. The molecule has 0 saturated carbocycles. The number of nitrogens with one attached hydrogen (secondary N) is 1. The highest BCUT2D eigenvalue weighted by atomic mass is 16.6. The van der Waals surface area contributed by atoms with Crippen molar-refractivity contribution in [3.8, 4) is 0 Å². The zero-order valence-corrected chi connectivity index (χ0v) is 12.4. The maximum absolute atomic E-state index is 10.6. The molecule has 0 saturated heterocycles. The highest BCUT2D eigenvalue weighted by Crippen LogP contribution is 2.23. The second-order valence-corrected chi connectivity index (χ2v) is 5.34. The average Bonchev–Trinajstić information content (AvgIpc) is 2.48. The van der Waals surface area contributed by atoms with Crippen molar-refractivity contribution in [2.75, 3.05) is 11.9 Å². The minimum atomic E-state index is -0.374. The Balaban J connectivity index is 1.94. The SMILES string of the molecule is CC(C)c1ccccc1NCCc1ccc([N+](=O)[O-])cc1. The number of benzene rings is 2. The molecule has 0 aliphatic carbocycles. The number of nitro benzene ring substituents is 1. The van der Waals surface area contributed by atoms with Crippen LogP contribution in [0.3, 0.4) is 0 Å². The monoisotopic (exact) mass is 284 g/mol. The molecule has 110 valence electrons. The Bertz CT molecular complexity index is 606. The van der Waals surface area contributed by atoms with Gasteiger partial charge in [-0.1, -0.05) is 44.2 Å². The molecule has 0 radical (unpaired) electrons. The van der Waals surface area contributed by atoms with Crippen molar-refractivity contribution in [2.24, 2.45) is 0 Å². The van der Waals surface area contributed by atoms with E-state index in [9.17, 15) is 10.1 Å². The summed E-state index contributed by atoms with van der Waals surface area (Å²) in [6.07, 6.45) is 0.838. The summed E-state index contributed by atoms with van der Waals surface area (Å²) in [4.78, 5) is 10.2. The van der Waals surface area contributed by atoms with Crippen molar-refractivity contribution < 1.29 is 4.92 Å². The molecule has 0 bridgehead atoms. The van der Waals surface area contributed by atoms with Crippen molar-refractivity contribution >= 4 is 11.4 Å². The first kappa shape index (κ1) is 15.0. The first-order valence-electron chi connectivity index (χ1n) is 7.14. The summed E-state index contributed by atoms with van der Waals surface area (Å²) in [7, 11) is 0. The highest BCUT2D eigenvalue weighted by molar-refractivity contribution is 5.52. The van der Waals surface area contributed by atoms with E-state index < -0.39 is 0 Å². The van der Waals surface area contributed by atoms with Crippen molar-refractivity contribution in [3.05, 3.63) is 69.8 Å². The van der Waals surface area contributed by atoms with E-state index in [-0.39, 0.29) is 10.6 Å². The van der Waals surface area contributed by atoms with Gasteiger partial charge in [0.05, 0.1) is 4.92 Å². The lowest BCUT2D eigenvalue weighted by Gasteiger charge is -2.14. The van der Waals surface area contributed by atoms with Gasteiger partial charge in [-0.05, 0) is 29.5 Å². The molecule has 2 aromatic carbocycles. The standard InChI is InChI=1S/C17H20N2O2/c1-13(2)16-5-3-4-6-17(16)18-12-11-14-7-9-15(10-8-14)19(20)21/h3-10,13,18H,11-12H2,1-2H3. The summed E-state index contributed by atoms with van der Waals surface area (Å²) < 4.78 is 0. The molecule has 2 rings (SSSR count). The molecule has 0 aliphatic rings. The lowest BCUT2D eigenvalue weighted by molar-refractivity contribution is -0.384. The fraction of sp³-hybridized carbons (Fsp3) is 0.294. The molecule has 0 aliphatic heterocycles. The van der Waals surface area contributed by atoms with E-state index in [1.807, 2.05) is 18.2 Å². The van der Waals surface area contributed by atoms with Crippen LogP contribution in [0.1, 0.15) is 30.9 Å². The fourth-order valence-electron chi connectivity index (χ4n) is 2.29. The quantitative estimate of drug-likeness (QED) is 0.633. The first-order chi connectivity index (χ1) is 10.1. The lowest BCUT2D eigenvalue weighted by Crippen LogP contribution is -2.07. The second kappa shape index (κ2) is 6.88. The Morgan fingerprint density at radius 2 is 1.76 bits per heavy atom. The van der Waals surface area contributed by atoms with Crippen LogP contribution in [-0.4, -0.2) is 11.5 Å². The number of para-hydroxylation sites is 1. The largest absolute Gasteiger partial charge is 0.384 e. The van der Waals surface area contributed by atoms with Gasteiger partial charge in [0.2, 0.25) is 0 Å².